The number of nitrogens with one attached hydrogen (secondary N) is 2. The van der Waals surface area contributed by atoms with Crippen LogP contribution >= 0.6 is 0 Å². The van der Waals surface area contributed by atoms with Gasteiger partial charge in [0.15, 0.2) is 5.78 Å². The summed E-state index contributed by atoms with van der Waals surface area (Å²) in [6, 6.07) is 31.8. The van der Waals surface area contributed by atoms with Gasteiger partial charge in [-0.1, -0.05) is 91.0 Å². The molecule has 3 aromatic rings. The molecule has 0 aliphatic carbocycles. The predicted octanol–water partition coefficient (Wildman–Crippen LogP) is 1.83. The zero-order valence-electron chi connectivity index (χ0n) is 16.9. The van der Waals surface area contributed by atoms with Crippen molar-refractivity contribution in [3.05, 3.63) is 108 Å². The first kappa shape index (κ1) is 19.6. The quantitative estimate of drug-likeness (QED) is 0.596. The third-order valence-electron chi connectivity index (χ3n) is 6.07. The zero-order chi connectivity index (χ0) is 19.9. The molecule has 4 rings (SSSR count). The van der Waals surface area contributed by atoms with E-state index in [1.165, 1.54) is 11.1 Å². The molecule has 0 spiro atoms. The van der Waals surface area contributed by atoms with E-state index in [4.69, 9.17) is 0 Å². The van der Waals surface area contributed by atoms with E-state index < -0.39 is 0 Å². The van der Waals surface area contributed by atoms with Crippen LogP contribution in [0.1, 0.15) is 33.9 Å². The first-order valence-corrected chi connectivity index (χ1v) is 10.7. The maximum Gasteiger partial charge on any atom is 0.168 e. The lowest BCUT2D eigenvalue weighted by Gasteiger charge is -2.35. The van der Waals surface area contributed by atoms with Gasteiger partial charge in [-0.15, -0.1) is 0 Å². The van der Waals surface area contributed by atoms with Gasteiger partial charge in [-0.05, 0) is 0 Å². The second-order valence-electron chi connectivity index (χ2n) is 7.95. The number of quaternary nitrogens is 2. The Morgan fingerprint density at radius 3 is 1.69 bits per heavy atom. The maximum atomic E-state index is 12.4. The van der Waals surface area contributed by atoms with Crippen LogP contribution in [-0.4, -0.2) is 38.5 Å². The summed E-state index contributed by atoms with van der Waals surface area (Å²) in [6.07, 6.45) is 0.634. The van der Waals surface area contributed by atoms with Gasteiger partial charge >= 0.3 is 0 Å². The van der Waals surface area contributed by atoms with Gasteiger partial charge in [0.1, 0.15) is 32.2 Å². The Morgan fingerprint density at radius 2 is 1.17 bits per heavy atom. The molecular formula is C26H30N2O+2. The SMILES string of the molecule is O=C(CC[NH+]1CC[NH+](C(c2ccccc2)c2ccccc2)CC1)c1ccccc1. The number of benzene rings is 3. The molecule has 0 radical (unpaired) electrons. The monoisotopic (exact) mass is 386 g/mol. The highest BCUT2D eigenvalue weighted by atomic mass is 16.1. The van der Waals surface area contributed by atoms with E-state index in [9.17, 15) is 4.79 Å². The van der Waals surface area contributed by atoms with E-state index in [2.05, 4.69) is 60.7 Å². The fraction of sp³-hybridized carbons (Fsp3) is 0.269. The Bertz CT molecular complexity index is 848. The van der Waals surface area contributed by atoms with Crippen molar-refractivity contribution in [2.24, 2.45) is 0 Å². The topological polar surface area (TPSA) is 26.0 Å². The van der Waals surface area contributed by atoms with E-state index in [-0.39, 0.29) is 5.78 Å². The predicted molar refractivity (Wildman–Crippen MR) is 116 cm³/mol. The molecule has 29 heavy (non-hydrogen) atoms. The van der Waals surface area contributed by atoms with Crippen LogP contribution in [0, 0.1) is 0 Å². The average Bonchev–Trinajstić information content (AvgIpc) is 2.80. The van der Waals surface area contributed by atoms with Crippen molar-refractivity contribution >= 4 is 5.78 Å². The van der Waals surface area contributed by atoms with Gasteiger partial charge in [-0.3, -0.25) is 4.79 Å². The van der Waals surface area contributed by atoms with Crippen LogP contribution in [0.3, 0.4) is 0 Å². The summed E-state index contributed by atoms with van der Waals surface area (Å²) < 4.78 is 0. The van der Waals surface area contributed by atoms with Crippen molar-refractivity contribution in [1.29, 1.82) is 0 Å². The number of ketones is 1. The molecule has 0 unspecified atom stereocenters. The summed E-state index contributed by atoms with van der Waals surface area (Å²) in [5.41, 5.74) is 3.61. The summed E-state index contributed by atoms with van der Waals surface area (Å²) >= 11 is 0. The number of hydrogen-bond acceptors (Lipinski definition) is 1. The van der Waals surface area contributed by atoms with Crippen LogP contribution in [-0.2, 0) is 0 Å². The molecule has 0 amide bonds. The molecule has 1 aliphatic heterocycles. The molecular weight excluding hydrogens is 356 g/mol. The molecule has 0 saturated carbocycles. The number of hydrogen-bond donors (Lipinski definition) is 2. The van der Waals surface area contributed by atoms with Crippen molar-refractivity contribution in [2.75, 3.05) is 32.7 Å². The maximum absolute atomic E-state index is 12.4. The van der Waals surface area contributed by atoms with E-state index in [1.54, 1.807) is 9.80 Å². The highest BCUT2D eigenvalue weighted by Gasteiger charge is 2.31. The third kappa shape index (κ3) is 5.00. The standard InChI is InChI=1S/C26H28N2O/c29-25(22-10-4-1-5-11-22)16-17-27-18-20-28(21-19-27)26(23-12-6-2-7-13-23)24-14-8-3-9-15-24/h1-15,26H,16-21H2/p+2. The van der Waals surface area contributed by atoms with E-state index in [0.29, 0.717) is 12.5 Å². The molecule has 0 aromatic heterocycles. The first-order valence-electron chi connectivity index (χ1n) is 10.7. The van der Waals surface area contributed by atoms with Crippen LogP contribution in [0.15, 0.2) is 91.0 Å². The van der Waals surface area contributed by atoms with Crippen LogP contribution < -0.4 is 9.80 Å². The minimum Gasteiger partial charge on any atom is -0.325 e. The number of carbonyl (C=O) groups excluding carboxylic acids is 1. The lowest BCUT2D eigenvalue weighted by molar-refractivity contribution is -1.02. The van der Waals surface area contributed by atoms with Crippen LogP contribution in [0.5, 0.6) is 0 Å². The lowest BCUT2D eigenvalue weighted by atomic mass is 9.96. The van der Waals surface area contributed by atoms with Gasteiger partial charge in [0.2, 0.25) is 0 Å². The number of rotatable bonds is 7. The Morgan fingerprint density at radius 1 is 0.690 bits per heavy atom. The van der Waals surface area contributed by atoms with Crippen molar-refractivity contribution in [1.82, 2.24) is 0 Å². The Labute approximate surface area is 173 Å². The summed E-state index contributed by atoms with van der Waals surface area (Å²) in [6.45, 7) is 5.43. The van der Waals surface area contributed by atoms with Gasteiger partial charge < -0.3 is 9.80 Å². The van der Waals surface area contributed by atoms with Crippen molar-refractivity contribution in [3.8, 4) is 0 Å². The normalized spacial score (nSPS) is 19.2. The Hall–Kier alpha value is -2.75. The molecule has 3 nitrogen and oxygen atoms in total. The molecule has 0 atom stereocenters. The molecule has 1 aliphatic rings. The van der Waals surface area contributed by atoms with Crippen molar-refractivity contribution in [2.45, 2.75) is 12.5 Å². The summed E-state index contributed by atoms with van der Waals surface area (Å²) in [4.78, 5) is 15.6. The van der Waals surface area contributed by atoms with E-state index in [1.807, 2.05) is 30.3 Å². The Kier molecular flexibility index (Phi) is 6.50. The fourth-order valence-corrected chi connectivity index (χ4v) is 4.48. The molecule has 1 heterocycles. The fourth-order valence-electron chi connectivity index (χ4n) is 4.48. The second-order valence-corrected chi connectivity index (χ2v) is 7.95. The van der Waals surface area contributed by atoms with Crippen molar-refractivity contribution in [3.63, 3.8) is 0 Å². The highest BCUT2D eigenvalue weighted by Crippen LogP contribution is 2.18. The first-order chi connectivity index (χ1) is 14.3. The van der Waals surface area contributed by atoms with Crippen molar-refractivity contribution < 1.29 is 14.6 Å². The number of piperazine rings is 1. The van der Waals surface area contributed by atoms with Crippen LogP contribution in [0.4, 0.5) is 0 Å². The van der Waals surface area contributed by atoms with Crippen LogP contribution in [0.2, 0.25) is 0 Å². The van der Waals surface area contributed by atoms with Crippen LogP contribution in [0.25, 0.3) is 0 Å². The molecule has 1 fully saturated rings. The smallest absolute Gasteiger partial charge is 0.168 e. The molecule has 3 heteroatoms. The minimum atomic E-state index is 0.263. The molecule has 148 valence electrons. The molecule has 0 bridgehead atoms. The molecule has 2 N–H and O–H groups in total. The zero-order valence-corrected chi connectivity index (χ0v) is 16.9. The molecule has 1 saturated heterocycles. The largest absolute Gasteiger partial charge is 0.325 e. The Balaban J connectivity index is 1.38. The number of Topliss-reactive ketones (excluding diaryl/α,β-unsaturated/α-hetero) is 1. The van der Waals surface area contributed by atoms with Gasteiger partial charge in [-0.2, -0.15) is 0 Å². The number of carbonyl (C=O) groups is 1. The van der Waals surface area contributed by atoms with E-state index >= 15 is 0 Å². The minimum absolute atomic E-state index is 0.263. The molecule has 3 aromatic carbocycles. The summed E-state index contributed by atoms with van der Waals surface area (Å²) in [5, 5.41) is 0. The lowest BCUT2D eigenvalue weighted by Crippen LogP contribution is -3.28. The summed E-state index contributed by atoms with van der Waals surface area (Å²) in [5.74, 6) is 0.263. The van der Waals surface area contributed by atoms with Gasteiger partial charge in [0.05, 0.1) is 13.0 Å². The van der Waals surface area contributed by atoms with Gasteiger partial charge in [-0.25, -0.2) is 0 Å². The van der Waals surface area contributed by atoms with Gasteiger partial charge in [0, 0.05) is 16.7 Å². The third-order valence-corrected chi connectivity index (χ3v) is 6.07. The highest BCUT2D eigenvalue weighted by molar-refractivity contribution is 5.96. The second kappa shape index (κ2) is 9.64. The summed E-state index contributed by atoms with van der Waals surface area (Å²) in [7, 11) is 0. The average molecular weight is 387 g/mol. The van der Waals surface area contributed by atoms with Gasteiger partial charge in [0.25, 0.3) is 0 Å². The van der Waals surface area contributed by atoms with E-state index in [0.717, 1.165) is 38.3 Å².